The minimum Gasteiger partial charge on any atom is -0.480 e. The highest BCUT2D eigenvalue weighted by molar-refractivity contribution is 6.31. The van der Waals surface area contributed by atoms with E-state index < -0.39 is 11.5 Å². The summed E-state index contributed by atoms with van der Waals surface area (Å²) in [7, 11) is 0. The number of carboxylic acids is 1. The van der Waals surface area contributed by atoms with Gasteiger partial charge in [0.15, 0.2) is 0 Å². The fraction of sp³-hybridized carbons (Fsp3) is 0.222. The number of rotatable bonds is 4. The summed E-state index contributed by atoms with van der Waals surface area (Å²) >= 11 is 12.3. The second kappa shape index (κ2) is 7.99. The molecule has 0 heterocycles. The van der Waals surface area contributed by atoms with Gasteiger partial charge in [-0.15, -0.1) is 0 Å². The van der Waals surface area contributed by atoms with Crippen molar-refractivity contribution >= 4 is 46.5 Å². The normalized spacial score (nSPS) is 24.1. The molecule has 5 heteroatoms. The Morgan fingerprint density at radius 3 is 2.25 bits per heavy atom. The number of halogens is 2. The smallest absolute Gasteiger partial charge is 0.329 e. The van der Waals surface area contributed by atoms with Crippen molar-refractivity contribution in [1.29, 1.82) is 0 Å². The van der Waals surface area contributed by atoms with Gasteiger partial charge in [-0.25, -0.2) is 4.79 Å². The second-order valence-electron chi connectivity index (χ2n) is 8.76. The first-order chi connectivity index (χ1) is 15.4. The molecule has 2 N–H and O–H groups in total. The molecule has 0 bridgehead atoms. The van der Waals surface area contributed by atoms with Gasteiger partial charge in [0.2, 0.25) is 0 Å². The molecule has 1 saturated carbocycles. The molecule has 1 fully saturated rings. The number of hydrogen-bond acceptors (Lipinski definition) is 2. The largest absolute Gasteiger partial charge is 0.480 e. The lowest BCUT2D eigenvalue weighted by atomic mass is 9.61. The lowest BCUT2D eigenvalue weighted by Crippen LogP contribution is -2.52. The van der Waals surface area contributed by atoms with Gasteiger partial charge in [-0.05, 0) is 84.4 Å². The fourth-order valence-corrected chi connectivity index (χ4v) is 5.68. The maximum atomic E-state index is 12.5. The molecular formula is C27H23Cl2NO2. The van der Waals surface area contributed by atoms with Gasteiger partial charge in [-0.1, -0.05) is 65.7 Å². The first-order valence-electron chi connectivity index (χ1n) is 10.8. The van der Waals surface area contributed by atoms with E-state index in [1.54, 1.807) is 12.1 Å². The van der Waals surface area contributed by atoms with Gasteiger partial charge in [0, 0.05) is 21.1 Å². The number of hydrogen-bond donors (Lipinski definition) is 2. The van der Waals surface area contributed by atoms with Crippen molar-refractivity contribution in [1.82, 2.24) is 0 Å². The Kier molecular flexibility index (Phi) is 5.27. The molecule has 0 aliphatic heterocycles. The van der Waals surface area contributed by atoms with Crippen LogP contribution >= 0.6 is 23.2 Å². The van der Waals surface area contributed by atoms with Crippen molar-refractivity contribution in [2.45, 2.75) is 36.6 Å². The molecule has 0 amide bonds. The van der Waals surface area contributed by atoms with Crippen LogP contribution in [0.5, 0.6) is 0 Å². The molecule has 32 heavy (non-hydrogen) atoms. The van der Waals surface area contributed by atoms with Crippen LogP contribution in [0.15, 0.2) is 72.8 Å². The predicted molar refractivity (Wildman–Crippen MR) is 131 cm³/mol. The summed E-state index contributed by atoms with van der Waals surface area (Å²) in [6.45, 7) is 0. The first-order valence-corrected chi connectivity index (χ1v) is 11.5. The van der Waals surface area contributed by atoms with Crippen LogP contribution in [-0.2, 0) is 10.2 Å². The van der Waals surface area contributed by atoms with E-state index in [4.69, 9.17) is 23.2 Å². The minimum absolute atomic E-state index is 0.209. The zero-order valence-corrected chi connectivity index (χ0v) is 19.0. The predicted octanol–water partition coefficient (Wildman–Crippen LogP) is 7.29. The fourth-order valence-electron chi connectivity index (χ4n) is 5.36. The summed E-state index contributed by atoms with van der Waals surface area (Å²) in [4.78, 5) is 12.5. The summed E-state index contributed by atoms with van der Waals surface area (Å²) in [5.41, 5.74) is 4.37. The molecule has 0 atom stereocenters. The van der Waals surface area contributed by atoms with Gasteiger partial charge in [-0.2, -0.15) is 0 Å². The number of aliphatic carboxylic acids is 1. The number of fused-ring (bicyclic) bond motifs is 2. The van der Waals surface area contributed by atoms with E-state index in [-0.39, 0.29) is 5.41 Å². The molecule has 2 aliphatic rings. The van der Waals surface area contributed by atoms with E-state index in [2.05, 4.69) is 47.8 Å². The van der Waals surface area contributed by atoms with Gasteiger partial charge >= 0.3 is 5.97 Å². The summed E-state index contributed by atoms with van der Waals surface area (Å²) in [6, 6.07) is 23.7. The number of nitrogens with one attached hydrogen (secondary N) is 1. The average molecular weight is 464 g/mol. The lowest BCUT2D eigenvalue weighted by molar-refractivity contribution is -0.143. The highest BCUT2D eigenvalue weighted by Crippen LogP contribution is 2.56. The van der Waals surface area contributed by atoms with E-state index in [1.165, 1.54) is 16.7 Å². The third-order valence-corrected chi connectivity index (χ3v) is 7.51. The molecule has 0 unspecified atom stereocenters. The topological polar surface area (TPSA) is 49.3 Å². The maximum absolute atomic E-state index is 12.5. The Morgan fingerprint density at radius 2 is 1.56 bits per heavy atom. The maximum Gasteiger partial charge on any atom is 0.329 e. The number of carbonyl (C=O) groups is 1. The number of allylic oxidation sites excluding steroid dienone is 1. The van der Waals surface area contributed by atoms with Gasteiger partial charge < -0.3 is 10.4 Å². The van der Waals surface area contributed by atoms with Crippen LogP contribution in [0, 0.1) is 0 Å². The molecule has 0 saturated heterocycles. The summed E-state index contributed by atoms with van der Waals surface area (Å²) in [6.07, 6.45) is 4.75. The van der Waals surface area contributed by atoms with Crippen molar-refractivity contribution in [2.24, 2.45) is 0 Å². The van der Waals surface area contributed by atoms with Crippen molar-refractivity contribution in [3.8, 4) is 0 Å². The molecule has 0 aromatic heterocycles. The second-order valence-corrected chi connectivity index (χ2v) is 9.63. The minimum atomic E-state index is -1.03. The number of anilines is 1. The number of benzene rings is 3. The third-order valence-electron chi connectivity index (χ3n) is 7.02. The van der Waals surface area contributed by atoms with E-state index in [9.17, 15) is 9.90 Å². The first kappa shape index (κ1) is 21.1. The Balaban J connectivity index is 1.51. The van der Waals surface area contributed by atoms with Crippen LogP contribution in [0.4, 0.5) is 5.69 Å². The monoisotopic (exact) mass is 463 g/mol. The van der Waals surface area contributed by atoms with Gasteiger partial charge in [0.1, 0.15) is 5.54 Å². The van der Waals surface area contributed by atoms with Crippen LogP contribution < -0.4 is 5.32 Å². The Morgan fingerprint density at radius 1 is 0.844 bits per heavy atom. The van der Waals surface area contributed by atoms with Crippen LogP contribution in [0.3, 0.4) is 0 Å². The molecule has 0 radical (unpaired) electrons. The van der Waals surface area contributed by atoms with E-state index in [0.29, 0.717) is 22.9 Å². The van der Waals surface area contributed by atoms with E-state index in [1.807, 2.05) is 24.3 Å². The Hall–Kier alpha value is -2.75. The zero-order valence-electron chi connectivity index (χ0n) is 17.4. The van der Waals surface area contributed by atoms with Crippen molar-refractivity contribution < 1.29 is 9.90 Å². The summed E-state index contributed by atoms with van der Waals surface area (Å²) in [5, 5.41) is 14.8. The molecule has 3 aromatic carbocycles. The van der Waals surface area contributed by atoms with Crippen molar-refractivity contribution in [3.05, 3.63) is 99.5 Å². The van der Waals surface area contributed by atoms with Crippen LogP contribution in [-0.4, -0.2) is 16.6 Å². The standard InChI is InChI=1S/C27H23Cl2NO2/c28-20-10-8-18(9-11-20)24-16-19-4-1-2-7-23(19)26(24)12-14-27(15-13-26,25(31)32)30-22-6-3-5-21(29)17-22/h1-11,16-17,30H,12-15H2,(H,31,32). The molecule has 3 nitrogen and oxygen atoms in total. The van der Waals surface area contributed by atoms with Crippen LogP contribution in [0.25, 0.3) is 11.6 Å². The molecule has 5 rings (SSSR count). The molecule has 2 aliphatic carbocycles. The van der Waals surface area contributed by atoms with Gasteiger partial charge in [0.25, 0.3) is 0 Å². The quantitative estimate of drug-likeness (QED) is 0.426. The Bertz CT molecular complexity index is 1210. The van der Waals surface area contributed by atoms with Gasteiger partial charge in [0.05, 0.1) is 0 Å². The molecule has 3 aromatic rings. The summed E-state index contributed by atoms with van der Waals surface area (Å²) in [5.74, 6) is -0.823. The molecule has 162 valence electrons. The lowest BCUT2D eigenvalue weighted by Gasteiger charge is -2.45. The zero-order chi connectivity index (χ0) is 22.3. The Labute approximate surface area is 197 Å². The number of carboxylic acid groups (broad SMARTS) is 1. The average Bonchev–Trinajstić information content (AvgIpc) is 3.10. The highest BCUT2D eigenvalue weighted by Gasteiger charge is 2.51. The van der Waals surface area contributed by atoms with Gasteiger partial charge in [-0.3, -0.25) is 0 Å². The SMILES string of the molecule is O=C(O)C1(Nc2cccc(Cl)c2)CCC2(CC1)C(c1ccc(Cl)cc1)=Cc1ccccc12. The van der Waals surface area contributed by atoms with E-state index >= 15 is 0 Å². The van der Waals surface area contributed by atoms with Crippen LogP contribution in [0.1, 0.15) is 42.4 Å². The van der Waals surface area contributed by atoms with Crippen LogP contribution in [0.2, 0.25) is 10.0 Å². The third kappa shape index (κ3) is 3.50. The highest BCUT2D eigenvalue weighted by atomic mass is 35.5. The van der Waals surface area contributed by atoms with Crippen molar-refractivity contribution in [2.75, 3.05) is 5.32 Å². The van der Waals surface area contributed by atoms with Crippen molar-refractivity contribution in [3.63, 3.8) is 0 Å². The molecule has 1 spiro atoms. The summed E-state index contributed by atoms with van der Waals surface area (Å²) < 4.78 is 0. The molecular weight excluding hydrogens is 441 g/mol. The van der Waals surface area contributed by atoms with E-state index in [0.717, 1.165) is 24.1 Å².